The summed E-state index contributed by atoms with van der Waals surface area (Å²) in [6.07, 6.45) is -1.26. The molecule has 59 heteroatoms. The molecule has 0 aromatic heterocycles. The molecule has 4 heterocycles. The second-order valence-electron chi connectivity index (χ2n) is 23.6. The van der Waals surface area contributed by atoms with Crippen molar-refractivity contribution in [3.05, 3.63) is 66.2 Å². The number of morpholine rings is 4. The van der Waals surface area contributed by atoms with E-state index in [1.54, 1.807) is 59.7 Å². The van der Waals surface area contributed by atoms with Crippen molar-refractivity contribution in [2.24, 2.45) is 5.73 Å². The summed E-state index contributed by atoms with van der Waals surface area (Å²) >= 11 is 0. The minimum absolute atomic E-state index is 0. The zero-order valence-electron chi connectivity index (χ0n) is 64.2. The van der Waals surface area contributed by atoms with E-state index in [0.717, 1.165) is 17.5 Å². The fourth-order valence-electron chi connectivity index (χ4n) is 7.28. The third-order valence-electron chi connectivity index (χ3n) is 11.2. The standard InChI is InChI=1S/C17H25NO6S.C11H22N2O3.C11H18N2O3.C10H19NO4.C7H7ClO2S.CN.14F2.2FH.K/c1-13-5-7-15(8-6-13)25(20,21)23-12-14-11-18(9-10-22-14)16(19)24-17(2,3)4;2*1-11(2,3)16-10(14)13-6-7-15-9(8-13)4-5-12;1-10(2,3)15-9(13)11-4-5-14-8(6-11)7-12;1-6-2-4-7(5-3-6)11(8,9)10;15*1-2;;;/h5-8,14H,9-12H2,1-4H3;9H,4-8,12H2,1-3H3;9H,4,6-8H2,1-3H3;8,12H,4-7H2,1-3H3;2-5H,1H3;;;;;;;;;;;;;;;;2*1H;/q;;;;;-1;;;;;;;;;;;;;;;;;+1. The topological polar surface area (TPSA) is 326 Å². The van der Waals surface area contributed by atoms with Gasteiger partial charge in [-0.2, -0.15) is 13.7 Å². The molecule has 694 valence electrons. The molecule has 4 unspecified atom stereocenters. The van der Waals surface area contributed by atoms with E-state index in [1.165, 1.54) is 29.2 Å². The van der Waals surface area contributed by atoms with Crippen LogP contribution in [-0.2, 0) is 61.2 Å². The Morgan fingerprint density at radius 2 is 0.681 bits per heavy atom. The number of benzene rings is 2. The summed E-state index contributed by atoms with van der Waals surface area (Å²) in [5.41, 5.74) is 5.44. The van der Waals surface area contributed by atoms with Crippen molar-refractivity contribution in [3.63, 3.8) is 0 Å². The number of carbonyl (C=O) groups is 4. The number of hydrogen-bond donors (Lipinski definition) is 2. The molecule has 3 N–H and O–H groups in total. The minimum Gasteiger partial charge on any atom is -0.512 e. The largest absolute Gasteiger partial charge is 1.00 e. The predicted molar refractivity (Wildman–Crippen MR) is 351 cm³/mol. The maximum atomic E-state index is 12.2. The van der Waals surface area contributed by atoms with Gasteiger partial charge in [-0.05, 0) is 134 Å². The summed E-state index contributed by atoms with van der Waals surface area (Å²) < 4.78 is 318. The smallest absolute Gasteiger partial charge is 0.512 e. The Morgan fingerprint density at radius 1 is 0.457 bits per heavy atom. The van der Waals surface area contributed by atoms with Crippen molar-refractivity contribution in [1.82, 2.24) is 19.6 Å². The quantitative estimate of drug-likeness (QED) is 0.0588. The number of nitriles is 1. The number of aliphatic hydroxyl groups excluding tert-OH is 1. The van der Waals surface area contributed by atoms with Crippen molar-refractivity contribution in [1.29, 1.82) is 10.5 Å². The van der Waals surface area contributed by atoms with E-state index >= 15 is 0 Å². The van der Waals surface area contributed by atoms with Gasteiger partial charge in [0.05, 0.1) is 106 Å². The van der Waals surface area contributed by atoms with Gasteiger partial charge >= 0.3 is 75.8 Å². The number of amides is 4. The average Bonchev–Trinajstić information content (AvgIpc) is 0.844. The van der Waals surface area contributed by atoms with Crippen LogP contribution in [0.25, 0.3) is 0 Å². The molecule has 0 aliphatic carbocycles. The fraction of sp³-hybridized carbons (Fsp3) is 0.684. The van der Waals surface area contributed by atoms with Crippen LogP contribution in [0.1, 0.15) is 107 Å². The van der Waals surface area contributed by atoms with E-state index in [-0.39, 0.29) is 127 Å². The van der Waals surface area contributed by atoms with Gasteiger partial charge in [-0.3, -0.25) is 13.6 Å². The molecule has 2 aromatic rings. The van der Waals surface area contributed by atoms with E-state index in [0.29, 0.717) is 85.2 Å². The molecule has 0 saturated carbocycles. The van der Waals surface area contributed by atoms with E-state index in [1.807, 2.05) is 82.2 Å². The summed E-state index contributed by atoms with van der Waals surface area (Å²) in [4.78, 5) is 53.8. The van der Waals surface area contributed by atoms with Gasteiger partial charge in [0, 0.05) is 165 Å². The number of hydrogen-bond acceptors (Lipinski definition) is 21. The third kappa shape index (κ3) is 91.8. The van der Waals surface area contributed by atoms with Gasteiger partial charge in [0.2, 0.25) is 0 Å². The van der Waals surface area contributed by atoms with Gasteiger partial charge in [0.15, 0.2) is 0 Å². The molecule has 0 radical (unpaired) electrons. The second kappa shape index (κ2) is 99.5. The summed E-state index contributed by atoms with van der Waals surface area (Å²) in [7, 11) is -2.32. The van der Waals surface area contributed by atoms with Crippen LogP contribution in [0.15, 0.2) is 58.3 Å². The number of carbonyl (C=O) groups excluding carboxylic acids is 4. The van der Waals surface area contributed by atoms with Crippen LogP contribution in [0, 0.1) is 37.0 Å². The average molecular weight is 1870 g/mol. The van der Waals surface area contributed by atoms with Crippen LogP contribution in [0.2, 0.25) is 0 Å². The second-order valence-corrected chi connectivity index (χ2v) is 27.8. The number of ether oxygens (including phenoxy) is 8. The van der Waals surface area contributed by atoms with E-state index in [2.05, 4.69) is 0 Å². The van der Waals surface area contributed by atoms with Crippen molar-refractivity contribution in [2.75, 3.05) is 98.5 Å². The molecular weight excluding hydrogens is 1780 g/mol. The Hall–Kier alpha value is -6.05. The summed E-state index contributed by atoms with van der Waals surface area (Å²) in [6, 6.07) is 14.8. The molecule has 4 atom stereocenters. The van der Waals surface area contributed by atoms with Crippen LogP contribution in [0.3, 0.4) is 0 Å². The molecule has 4 saturated heterocycles. The first-order chi connectivity index (χ1) is 53.3. The van der Waals surface area contributed by atoms with E-state index in [9.17, 15) is 36.0 Å². The zero-order chi connectivity index (χ0) is 93.0. The van der Waals surface area contributed by atoms with Crippen molar-refractivity contribution in [2.45, 2.75) is 166 Å². The molecule has 4 aliphatic rings. The van der Waals surface area contributed by atoms with Gasteiger partial charge in [-0.1, -0.05) is 35.4 Å². The van der Waals surface area contributed by atoms with E-state index in [4.69, 9.17) is 209 Å². The Balaban J connectivity index is -0.0000000654. The number of aliphatic hydroxyl groups is 1. The number of rotatable bonds is 9. The Kier molecular flexibility index (Phi) is 130. The van der Waals surface area contributed by atoms with Gasteiger partial charge in [-0.25, -0.2) is 27.6 Å². The van der Waals surface area contributed by atoms with Crippen LogP contribution < -0.4 is 57.1 Å². The van der Waals surface area contributed by atoms with Gasteiger partial charge < -0.3 is 80.2 Å². The maximum absolute atomic E-state index is 12.2. The Labute approximate surface area is 695 Å². The monoisotopic (exact) mass is 1870 g/mol. The van der Waals surface area contributed by atoms with Crippen molar-refractivity contribution < 1.29 is 272 Å². The Morgan fingerprint density at radius 3 is 0.922 bits per heavy atom. The number of halogens is 31. The SMILES string of the molecule is CC(C)(C)OC(=O)N1CCOC(CC#N)C1.CC(C)(C)OC(=O)N1CCOC(CCN)C1.CC(C)(C)OC(=O)N1CCOC(CO)C1.Cc1ccc(S(=O)(=O)Cl)cc1.Cc1ccc(S(=O)(=O)OCC2CN(C(=O)OC(C)(C)C)CCO2)cc1.F.F.FF.FF.FF.FF.FF.FF.FF.FF.FF.FF.FF.FF.FF.FF.[C-]#N.[K+]. The normalized spacial score (nSPS) is 14.8. The predicted octanol–water partition coefficient (Wildman–Crippen LogP) is 16.6. The molecule has 6 rings (SSSR count). The van der Waals surface area contributed by atoms with Gasteiger partial charge in [-0.15, -0.1) is 0 Å². The van der Waals surface area contributed by atoms with Crippen LogP contribution >= 0.6 is 10.7 Å². The molecule has 4 fully saturated rings. The number of nitrogens with zero attached hydrogens (tertiary/aromatic N) is 6. The molecule has 4 amide bonds. The summed E-state index contributed by atoms with van der Waals surface area (Å²) in [5, 5.41) is 23.7. The molecular formula is C57H93ClF30KN7O18S2. The van der Waals surface area contributed by atoms with Gasteiger partial charge in [0.25, 0.3) is 19.2 Å². The van der Waals surface area contributed by atoms with Crippen LogP contribution in [0.5, 0.6) is 0 Å². The first-order valence-electron chi connectivity index (χ1n) is 29.6. The molecule has 2 aromatic carbocycles. The Bertz CT molecular complexity index is 2740. The van der Waals surface area contributed by atoms with Crippen molar-refractivity contribution >= 4 is 54.2 Å². The molecule has 4 aliphatic heterocycles. The van der Waals surface area contributed by atoms with Gasteiger partial charge in [0.1, 0.15) is 28.5 Å². The molecule has 0 spiro atoms. The van der Waals surface area contributed by atoms with E-state index < -0.39 is 53.8 Å². The van der Waals surface area contributed by atoms with Crippen LogP contribution in [-0.4, -0.2) is 211 Å². The first-order valence-corrected chi connectivity index (χ1v) is 33.3. The molecule has 116 heavy (non-hydrogen) atoms. The minimum atomic E-state index is -3.86. The maximum Gasteiger partial charge on any atom is 1.00 e. The van der Waals surface area contributed by atoms with Crippen molar-refractivity contribution in [3.8, 4) is 6.07 Å². The van der Waals surface area contributed by atoms with Crippen LogP contribution in [0.4, 0.5) is 157 Å². The number of nitrogens with two attached hydrogens (primary N) is 1. The fourth-order valence-corrected chi connectivity index (χ4v) is 8.99. The molecule has 0 bridgehead atoms. The number of aryl methyl sites for hydroxylation is 2. The molecule has 25 nitrogen and oxygen atoms in total. The summed E-state index contributed by atoms with van der Waals surface area (Å²) in [6.45, 7) is 36.2. The first kappa shape index (κ1) is 151. The third-order valence-corrected chi connectivity index (χ3v) is 13.9. The summed E-state index contributed by atoms with van der Waals surface area (Å²) in [5.74, 6) is 0. The zero-order valence-corrected chi connectivity index (χ0v) is 69.7.